The van der Waals surface area contributed by atoms with E-state index in [1.807, 2.05) is 39.8 Å². The van der Waals surface area contributed by atoms with Gasteiger partial charge >= 0.3 is 5.97 Å². The third kappa shape index (κ3) is 2.99. The van der Waals surface area contributed by atoms with E-state index in [4.69, 9.17) is 5.11 Å². The van der Waals surface area contributed by atoms with Crippen molar-refractivity contribution in [1.82, 2.24) is 15.0 Å². The minimum absolute atomic E-state index is 0.0493. The molecule has 0 bridgehead atoms. The van der Waals surface area contributed by atoms with Crippen LogP contribution in [0.25, 0.3) is 11.4 Å². The monoisotopic (exact) mass is 271 g/mol. The third-order valence-electron chi connectivity index (χ3n) is 3.09. The van der Waals surface area contributed by atoms with Crippen LogP contribution >= 0.6 is 0 Å². The van der Waals surface area contributed by atoms with E-state index >= 15 is 0 Å². The van der Waals surface area contributed by atoms with Gasteiger partial charge in [-0.1, -0.05) is 0 Å². The zero-order chi connectivity index (χ0) is 14.9. The summed E-state index contributed by atoms with van der Waals surface area (Å²) in [6.07, 6.45) is -0.0493. The quantitative estimate of drug-likeness (QED) is 0.927. The number of carbonyl (C=O) groups is 1. The van der Waals surface area contributed by atoms with Crippen molar-refractivity contribution in [3.8, 4) is 11.4 Å². The van der Waals surface area contributed by atoms with E-state index in [9.17, 15) is 4.79 Å². The molecule has 2 rings (SSSR count). The van der Waals surface area contributed by atoms with Gasteiger partial charge in [-0.3, -0.25) is 9.78 Å². The van der Waals surface area contributed by atoms with Gasteiger partial charge in [-0.2, -0.15) is 0 Å². The van der Waals surface area contributed by atoms with Gasteiger partial charge in [0, 0.05) is 33.9 Å². The molecule has 20 heavy (non-hydrogen) atoms. The van der Waals surface area contributed by atoms with Gasteiger partial charge in [0.05, 0.1) is 6.42 Å². The second kappa shape index (κ2) is 5.36. The lowest BCUT2D eigenvalue weighted by Crippen LogP contribution is -2.08. The van der Waals surface area contributed by atoms with Crippen molar-refractivity contribution in [2.75, 3.05) is 0 Å². The zero-order valence-corrected chi connectivity index (χ0v) is 12.1. The first-order chi connectivity index (χ1) is 9.36. The van der Waals surface area contributed by atoms with Crippen LogP contribution in [0, 0.1) is 27.7 Å². The van der Waals surface area contributed by atoms with Gasteiger partial charge < -0.3 is 5.11 Å². The molecule has 0 aliphatic heterocycles. The Kier molecular flexibility index (Phi) is 3.79. The van der Waals surface area contributed by atoms with Gasteiger partial charge in [0.25, 0.3) is 0 Å². The van der Waals surface area contributed by atoms with E-state index in [1.54, 1.807) is 0 Å². The molecule has 5 heteroatoms. The Labute approximate surface area is 117 Å². The average molecular weight is 271 g/mol. The highest BCUT2D eigenvalue weighted by atomic mass is 16.4. The number of carboxylic acids is 1. The Balaban J connectivity index is 2.51. The van der Waals surface area contributed by atoms with Crippen molar-refractivity contribution in [3.05, 3.63) is 40.5 Å². The van der Waals surface area contributed by atoms with Crippen LogP contribution in [0.5, 0.6) is 0 Å². The fourth-order valence-electron chi connectivity index (χ4n) is 2.24. The van der Waals surface area contributed by atoms with Gasteiger partial charge in [-0.05, 0) is 39.8 Å². The number of carboxylic acid groups (broad SMARTS) is 1. The molecule has 0 saturated heterocycles. The Bertz CT molecular complexity index is 638. The summed E-state index contributed by atoms with van der Waals surface area (Å²) in [6, 6.07) is 3.86. The summed E-state index contributed by atoms with van der Waals surface area (Å²) in [4.78, 5) is 24.1. The van der Waals surface area contributed by atoms with Crippen LogP contribution in [0.15, 0.2) is 12.1 Å². The van der Waals surface area contributed by atoms with Crippen molar-refractivity contribution < 1.29 is 9.90 Å². The second-order valence-corrected chi connectivity index (χ2v) is 4.91. The topological polar surface area (TPSA) is 76.0 Å². The number of aryl methyl sites for hydroxylation is 4. The van der Waals surface area contributed by atoms with E-state index in [0.29, 0.717) is 22.8 Å². The molecule has 0 saturated carbocycles. The molecule has 0 fully saturated rings. The maximum absolute atomic E-state index is 10.9. The highest BCUT2D eigenvalue weighted by molar-refractivity contribution is 5.71. The van der Waals surface area contributed by atoms with E-state index < -0.39 is 5.97 Å². The van der Waals surface area contributed by atoms with Crippen molar-refractivity contribution >= 4 is 5.97 Å². The molecule has 0 unspecified atom stereocenters. The summed E-state index contributed by atoms with van der Waals surface area (Å²) in [5.41, 5.74) is 4.83. The largest absolute Gasteiger partial charge is 0.481 e. The number of hydrogen-bond acceptors (Lipinski definition) is 4. The Hall–Kier alpha value is -2.30. The lowest BCUT2D eigenvalue weighted by Gasteiger charge is -2.10. The van der Waals surface area contributed by atoms with Gasteiger partial charge in [0.2, 0.25) is 0 Å². The first kappa shape index (κ1) is 14.1. The molecule has 0 aliphatic carbocycles. The predicted octanol–water partition coefficient (Wildman–Crippen LogP) is 2.40. The van der Waals surface area contributed by atoms with E-state index in [0.717, 1.165) is 17.0 Å². The van der Waals surface area contributed by atoms with Crippen LogP contribution < -0.4 is 0 Å². The number of aromatic nitrogens is 3. The van der Waals surface area contributed by atoms with E-state index in [1.165, 1.54) is 0 Å². The van der Waals surface area contributed by atoms with Gasteiger partial charge in [0.1, 0.15) is 0 Å². The molecule has 5 nitrogen and oxygen atoms in total. The highest BCUT2D eigenvalue weighted by Crippen LogP contribution is 2.20. The van der Waals surface area contributed by atoms with Crippen molar-refractivity contribution in [3.63, 3.8) is 0 Å². The van der Waals surface area contributed by atoms with Crippen LogP contribution in [0.1, 0.15) is 28.3 Å². The van der Waals surface area contributed by atoms with Gasteiger partial charge in [-0.15, -0.1) is 0 Å². The average Bonchev–Trinajstić information content (AvgIpc) is 2.32. The fourth-order valence-corrected chi connectivity index (χ4v) is 2.24. The van der Waals surface area contributed by atoms with Crippen molar-refractivity contribution in [2.45, 2.75) is 34.1 Å². The third-order valence-corrected chi connectivity index (χ3v) is 3.09. The molecule has 1 N–H and O–H groups in total. The number of hydrogen-bond donors (Lipinski definition) is 1. The summed E-state index contributed by atoms with van der Waals surface area (Å²) in [7, 11) is 0. The summed E-state index contributed by atoms with van der Waals surface area (Å²) >= 11 is 0. The molecule has 104 valence electrons. The molecular formula is C15H17N3O2. The molecule has 2 aromatic heterocycles. The molecular weight excluding hydrogens is 254 g/mol. The van der Waals surface area contributed by atoms with Crippen LogP contribution in [0.2, 0.25) is 0 Å². The molecule has 0 aliphatic rings. The number of aliphatic carboxylic acids is 1. The normalized spacial score (nSPS) is 10.6. The molecule has 0 spiro atoms. The van der Waals surface area contributed by atoms with E-state index in [-0.39, 0.29) is 6.42 Å². The minimum Gasteiger partial charge on any atom is -0.481 e. The van der Waals surface area contributed by atoms with Gasteiger partial charge in [-0.25, -0.2) is 9.97 Å². The highest BCUT2D eigenvalue weighted by Gasteiger charge is 2.13. The molecule has 0 atom stereocenters. The van der Waals surface area contributed by atoms with Crippen LogP contribution in [-0.2, 0) is 11.2 Å². The lowest BCUT2D eigenvalue weighted by molar-refractivity contribution is -0.136. The first-order valence-electron chi connectivity index (χ1n) is 6.38. The number of pyridine rings is 1. The minimum atomic E-state index is -0.872. The summed E-state index contributed by atoms with van der Waals surface area (Å²) in [6.45, 7) is 7.48. The lowest BCUT2D eigenvalue weighted by atomic mass is 10.1. The van der Waals surface area contributed by atoms with Crippen molar-refractivity contribution in [2.24, 2.45) is 0 Å². The number of nitrogens with zero attached hydrogens (tertiary/aromatic N) is 3. The molecule has 0 amide bonds. The summed E-state index contributed by atoms with van der Waals surface area (Å²) in [5, 5.41) is 8.91. The fraction of sp³-hybridized carbons (Fsp3) is 0.333. The summed E-state index contributed by atoms with van der Waals surface area (Å²) in [5.74, 6) is -0.258. The standard InChI is InChI=1S/C15H17N3O2/c1-8-5-12(6-9(2)16-8)15-17-10(3)13(7-14(19)20)11(4)18-15/h5-6H,7H2,1-4H3,(H,19,20). The second-order valence-electron chi connectivity index (χ2n) is 4.91. The van der Waals surface area contributed by atoms with Crippen LogP contribution in [0.3, 0.4) is 0 Å². The SMILES string of the molecule is Cc1cc(-c2nc(C)c(CC(=O)O)c(C)n2)cc(C)n1. The molecule has 0 aromatic carbocycles. The van der Waals surface area contributed by atoms with Crippen molar-refractivity contribution in [1.29, 1.82) is 0 Å². The molecule has 0 radical (unpaired) electrons. The first-order valence-corrected chi connectivity index (χ1v) is 6.38. The van der Waals surface area contributed by atoms with Gasteiger partial charge in [0.15, 0.2) is 5.82 Å². The predicted molar refractivity (Wildman–Crippen MR) is 75.6 cm³/mol. The zero-order valence-electron chi connectivity index (χ0n) is 12.1. The molecule has 2 aromatic rings. The van der Waals surface area contributed by atoms with Crippen LogP contribution in [0.4, 0.5) is 0 Å². The maximum Gasteiger partial charge on any atom is 0.307 e. The maximum atomic E-state index is 10.9. The Morgan fingerprint density at radius 1 is 1.00 bits per heavy atom. The van der Waals surface area contributed by atoms with E-state index in [2.05, 4.69) is 15.0 Å². The van der Waals surface area contributed by atoms with Crippen LogP contribution in [-0.4, -0.2) is 26.0 Å². The number of rotatable bonds is 3. The molecule has 2 heterocycles. The Morgan fingerprint density at radius 3 is 1.95 bits per heavy atom. The Morgan fingerprint density at radius 2 is 1.50 bits per heavy atom. The smallest absolute Gasteiger partial charge is 0.307 e. The summed E-state index contributed by atoms with van der Waals surface area (Å²) < 4.78 is 0.